The summed E-state index contributed by atoms with van der Waals surface area (Å²) < 4.78 is 0. The van der Waals surface area contributed by atoms with Gasteiger partial charge in [0.15, 0.2) is 0 Å². The molecule has 2 aromatic carbocycles. The highest BCUT2D eigenvalue weighted by Gasteiger charge is 2.07. The van der Waals surface area contributed by atoms with E-state index in [9.17, 15) is 0 Å². The highest BCUT2D eigenvalue weighted by molar-refractivity contribution is 6.30. The topological polar surface area (TPSA) is 0 Å². The highest BCUT2D eigenvalue weighted by Crippen LogP contribution is 2.24. The van der Waals surface area contributed by atoms with Crippen LogP contribution in [0, 0.1) is 12.1 Å². The van der Waals surface area contributed by atoms with Crippen LogP contribution < -0.4 is 0 Å². The monoisotopic (exact) mass is 248 g/mol. The Morgan fingerprint density at radius 3 is 2.19 bits per heavy atom. The van der Waals surface area contributed by atoms with Crippen LogP contribution in [0.1, 0.15) is 24.0 Å². The lowest BCUT2D eigenvalue weighted by molar-refractivity contribution is 0.924. The lowest BCUT2D eigenvalue weighted by Crippen LogP contribution is -1.94. The molecule has 0 saturated carbocycles. The second-order valence-corrected chi connectivity index (χ2v) is 4.50. The van der Waals surface area contributed by atoms with Crippen molar-refractivity contribution in [1.82, 2.24) is 0 Å². The van der Waals surface area contributed by atoms with Crippen molar-refractivity contribution in [3.8, 4) is 0 Å². The average Bonchev–Trinajstić information content (AvgIpc) is 2.30. The largest absolute Gasteiger partial charge is 0.0908 e. The van der Waals surface area contributed by atoms with Crippen molar-refractivity contribution in [3.63, 3.8) is 0 Å². The minimum Gasteiger partial charge on any atom is -0.0843 e. The Morgan fingerprint density at radius 1 is 0.938 bits per heavy atom. The average molecular weight is 249 g/mol. The Labute approximate surface area is 106 Å². The van der Waals surface area contributed by atoms with E-state index in [4.69, 9.17) is 23.2 Å². The summed E-state index contributed by atoms with van der Waals surface area (Å²) in [4.78, 5) is 0. The van der Waals surface area contributed by atoms with Crippen LogP contribution in [0.25, 0.3) is 0 Å². The van der Waals surface area contributed by atoms with Crippen LogP contribution in [0.4, 0.5) is 0 Å². The van der Waals surface area contributed by atoms with Crippen molar-refractivity contribution in [1.29, 1.82) is 0 Å². The minimum atomic E-state index is 0.269. The molecule has 0 aromatic heterocycles. The molecule has 0 saturated heterocycles. The van der Waals surface area contributed by atoms with Gasteiger partial charge in [-0.05, 0) is 35.9 Å². The first-order valence-electron chi connectivity index (χ1n) is 5.01. The third-order valence-corrected chi connectivity index (χ3v) is 3.04. The SMILES string of the molecule is CC(c1c#cc(Cl)cc1)c1ccc(Cl)cc1. The zero-order chi connectivity index (χ0) is 11.5. The lowest BCUT2D eigenvalue weighted by Gasteiger charge is -2.10. The van der Waals surface area contributed by atoms with Gasteiger partial charge in [0.25, 0.3) is 0 Å². The van der Waals surface area contributed by atoms with E-state index < -0.39 is 0 Å². The van der Waals surface area contributed by atoms with Gasteiger partial charge < -0.3 is 0 Å². The second kappa shape index (κ2) is 4.78. The molecular formula is C14H10Cl2. The predicted octanol–water partition coefficient (Wildman–Crippen LogP) is 4.75. The van der Waals surface area contributed by atoms with Crippen LogP contribution in [0.15, 0.2) is 36.4 Å². The normalized spacial score (nSPS) is 10.2. The Kier molecular flexibility index (Phi) is 3.39. The zero-order valence-corrected chi connectivity index (χ0v) is 10.3. The van der Waals surface area contributed by atoms with Crippen molar-refractivity contribution < 1.29 is 0 Å². The van der Waals surface area contributed by atoms with E-state index in [1.807, 2.05) is 36.4 Å². The molecule has 0 fully saturated rings. The van der Waals surface area contributed by atoms with Gasteiger partial charge >= 0.3 is 0 Å². The van der Waals surface area contributed by atoms with Gasteiger partial charge in [-0.25, -0.2) is 0 Å². The van der Waals surface area contributed by atoms with Crippen molar-refractivity contribution in [3.05, 3.63) is 69.7 Å². The number of hydrogen-bond acceptors (Lipinski definition) is 0. The zero-order valence-electron chi connectivity index (χ0n) is 8.80. The van der Waals surface area contributed by atoms with Crippen LogP contribution in [0.3, 0.4) is 0 Å². The first-order chi connectivity index (χ1) is 7.66. The summed E-state index contributed by atoms with van der Waals surface area (Å²) in [5.41, 5.74) is 2.28. The fourth-order valence-corrected chi connectivity index (χ4v) is 1.80. The van der Waals surface area contributed by atoms with Crippen LogP contribution in [-0.2, 0) is 0 Å². The van der Waals surface area contributed by atoms with E-state index in [0.717, 1.165) is 10.6 Å². The predicted molar refractivity (Wildman–Crippen MR) is 68.1 cm³/mol. The second-order valence-electron chi connectivity index (χ2n) is 3.66. The van der Waals surface area contributed by atoms with Crippen molar-refractivity contribution in [2.75, 3.05) is 0 Å². The molecule has 2 aromatic rings. The van der Waals surface area contributed by atoms with Crippen molar-refractivity contribution in [2.24, 2.45) is 0 Å². The fraction of sp³-hybridized carbons (Fsp3) is 0.143. The van der Waals surface area contributed by atoms with Crippen molar-refractivity contribution >= 4 is 23.2 Å². The van der Waals surface area contributed by atoms with E-state index >= 15 is 0 Å². The maximum Gasteiger partial charge on any atom is 0.0908 e. The molecule has 0 spiro atoms. The third-order valence-electron chi connectivity index (χ3n) is 2.57. The Bertz CT molecular complexity index is 412. The summed E-state index contributed by atoms with van der Waals surface area (Å²) in [6.45, 7) is 2.12. The lowest BCUT2D eigenvalue weighted by atomic mass is 9.94. The van der Waals surface area contributed by atoms with E-state index in [0.29, 0.717) is 5.02 Å². The molecule has 0 aliphatic rings. The van der Waals surface area contributed by atoms with E-state index in [-0.39, 0.29) is 5.92 Å². The molecule has 0 aliphatic carbocycles. The maximum atomic E-state index is 5.85. The third kappa shape index (κ3) is 2.50. The minimum absolute atomic E-state index is 0.269. The fourth-order valence-electron chi connectivity index (χ4n) is 1.56. The van der Waals surface area contributed by atoms with Crippen LogP contribution in [0.2, 0.25) is 10.0 Å². The van der Waals surface area contributed by atoms with Gasteiger partial charge in [0.05, 0.1) is 5.02 Å². The quantitative estimate of drug-likeness (QED) is 0.720. The molecule has 0 nitrogen and oxygen atoms in total. The molecule has 0 bridgehead atoms. The molecule has 2 heteroatoms. The maximum absolute atomic E-state index is 5.85. The van der Waals surface area contributed by atoms with Crippen LogP contribution in [-0.4, -0.2) is 0 Å². The number of hydrogen-bond donors (Lipinski definition) is 0. The van der Waals surface area contributed by atoms with Gasteiger partial charge in [-0.1, -0.05) is 48.3 Å². The first-order valence-corrected chi connectivity index (χ1v) is 5.77. The Balaban J connectivity index is 2.28. The molecule has 0 N–H and O–H groups in total. The molecular weight excluding hydrogens is 239 g/mol. The van der Waals surface area contributed by atoms with E-state index in [2.05, 4.69) is 19.1 Å². The van der Waals surface area contributed by atoms with Crippen LogP contribution in [0.5, 0.6) is 0 Å². The molecule has 16 heavy (non-hydrogen) atoms. The van der Waals surface area contributed by atoms with Crippen LogP contribution >= 0.6 is 23.2 Å². The molecule has 1 atom stereocenters. The highest BCUT2D eigenvalue weighted by atomic mass is 35.5. The summed E-state index contributed by atoms with van der Waals surface area (Å²) in [6, 6.07) is 17.6. The van der Waals surface area contributed by atoms with Crippen molar-refractivity contribution in [2.45, 2.75) is 12.8 Å². The molecule has 1 unspecified atom stereocenters. The molecule has 0 heterocycles. The smallest absolute Gasteiger partial charge is 0.0843 e. The molecule has 0 radical (unpaired) electrons. The number of halogens is 2. The molecule has 0 aliphatic heterocycles. The Hall–Kier alpha value is -1.16. The van der Waals surface area contributed by atoms with E-state index in [1.54, 1.807) is 0 Å². The van der Waals surface area contributed by atoms with Gasteiger partial charge in [0.2, 0.25) is 0 Å². The summed E-state index contributed by atoms with van der Waals surface area (Å²) in [6.07, 6.45) is 0. The Morgan fingerprint density at radius 2 is 1.62 bits per heavy atom. The molecule has 0 amide bonds. The van der Waals surface area contributed by atoms with Gasteiger partial charge in [0, 0.05) is 16.5 Å². The number of benzene rings is 1. The van der Waals surface area contributed by atoms with Gasteiger partial charge in [-0.3, -0.25) is 0 Å². The van der Waals surface area contributed by atoms with Gasteiger partial charge in [-0.15, -0.1) is 0 Å². The number of rotatable bonds is 2. The molecule has 80 valence electrons. The summed E-state index contributed by atoms with van der Waals surface area (Å²) in [5.74, 6) is 0.269. The van der Waals surface area contributed by atoms with Gasteiger partial charge in [-0.2, -0.15) is 0 Å². The van der Waals surface area contributed by atoms with Gasteiger partial charge in [0.1, 0.15) is 0 Å². The summed E-state index contributed by atoms with van der Waals surface area (Å²) >= 11 is 11.6. The first kappa shape index (κ1) is 11.3. The summed E-state index contributed by atoms with van der Waals surface area (Å²) in [5, 5.41) is 1.34. The molecule has 2 rings (SSSR count). The summed E-state index contributed by atoms with van der Waals surface area (Å²) in [7, 11) is 0. The van der Waals surface area contributed by atoms with E-state index in [1.165, 1.54) is 5.56 Å². The standard InChI is InChI=1S/C14H10Cl2/c1-10(11-2-6-13(15)7-3-11)12-4-8-14(16)9-5-12/h2-4,6-8,10H,1H3.